The van der Waals surface area contributed by atoms with Crippen LogP contribution in [0, 0.1) is 0 Å². The minimum Gasteiger partial charge on any atom is -0.373 e. The molecule has 1 fully saturated rings. The van der Waals surface area contributed by atoms with Gasteiger partial charge in [-0.1, -0.05) is 19.3 Å². The fourth-order valence-electron chi connectivity index (χ4n) is 1.97. The van der Waals surface area contributed by atoms with E-state index in [1.807, 2.05) is 6.92 Å². The lowest BCUT2D eigenvalue weighted by atomic mass is 9.97. The summed E-state index contributed by atoms with van der Waals surface area (Å²) in [6, 6.07) is -0.558. The maximum atomic E-state index is 11.3. The van der Waals surface area contributed by atoms with Gasteiger partial charge in [0.25, 0.3) is 0 Å². The van der Waals surface area contributed by atoms with Gasteiger partial charge in [0, 0.05) is 7.05 Å². The summed E-state index contributed by atoms with van der Waals surface area (Å²) >= 11 is 0. The molecular weight excluding hydrogens is 192 g/mol. The summed E-state index contributed by atoms with van der Waals surface area (Å²) in [5, 5.41) is 2.54. The number of nitrogens with two attached hydrogens (primary N) is 1. The summed E-state index contributed by atoms with van der Waals surface area (Å²) in [6.45, 7) is 1.87. The van der Waals surface area contributed by atoms with Crippen molar-refractivity contribution in [3.05, 3.63) is 0 Å². The molecule has 15 heavy (non-hydrogen) atoms. The molecule has 1 aliphatic rings. The molecule has 0 spiro atoms. The fraction of sp³-hybridized carbons (Fsp3) is 0.909. The van der Waals surface area contributed by atoms with Gasteiger partial charge < -0.3 is 15.8 Å². The minimum atomic E-state index is -0.558. The van der Waals surface area contributed by atoms with Gasteiger partial charge in [-0.25, -0.2) is 0 Å². The van der Waals surface area contributed by atoms with Gasteiger partial charge in [-0.2, -0.15) is 0 Å². The van der Waals surface area contributed by atoms with E-state index in [0.717, 1.165) is 12.8 Å². The summed E-state index contributed by atoms with van der Waals surface area (Å²) in [5.74, 6) is -0.154. The summed E-state index contributed by atoms with van der Waals surface area (Å²) in [4.78, 5) is 11.3. The van der Waals surface area contributed by atoms with Crippen LogP contribution >= 0.6 is 0 Å². The largest absolute Gasteiger partial charge is 0.373 e. The molecule has 0 unspecified atom stereocenters. The van der Waals surface area contributed by atoms with Gasteiger partial charge in [0.05, 0.1) is 12.2 Å². The highest BCUT2D eigenvalue weighted by molar-refractivity contribution is 5.81. The molecular formula is C11H22N2O2. The van der Waals surface area contributed by atoms with Crippen LogP contribution in [0.2, 0.25) is 0 Å². The zero-order chi connectivity index (χ0) is 11.3. The third-order valence-corrected chi connectivity index (χ3v) is 3.01. The van der Waals surface area contributed by atoms with Crippen molar-refractivity contribution in [1.29, 1.82) is 0 Å². The molecule has 0 aliphatic heterocycles. The molecule has 1 amide bonds. The van der Waals surface area contributed by atoms with Crippen LogP contribution in [0.5, 0.6) is 0 Å². The van der Waals surface area contributed by atoms with E-state index >= 15 is 0 Å². The first-order valence-electron chi connectivity index (χ1n) is 5.77. The highest BCUT2D eigenvalue weighted by Gasteiger charge is 2.24. The van der Waals surface area contributed by atoms with E-state index in [2.05, 4.69) is 5.32 Å². The third kappa shape index (κ3) is 3.80. The number of rotatable bonds is 4. The smallest absolute Gasteiger partial charge is 0.239 e. The zero-order valence-corrected chi connectivity index (χ0v) is 9.66. The molecule has 0 heterocycles. The third-order valence-electron chi connectivity index (χ3n) is 3.01. The number of amides is 1. The van der Waals surface area contributed by atoms with Gasteiger partial charge in [0.1, 0.15) is 6.04 Å². The molecule has 1 aliphatic carbocycles. The minimum absolute atomic E-state index is 0.154. The van der Waals surface area contributed by atoms with Crippen LogP contribution in [-0.2, 0) is 9.53 Å². The highest BCUT2D eigenvalue weighted by Crippen LogP contribution is 2.21. The second-order valence-corrected chi connectivity index (χ2v) is 4.24. The Kier molecular flexibility index (Phi) is 5.05. The van der Waals surface area contributed by atoms with Crippen molar-refractivity contribution >= 4 is 5.91 Å². The summed E-state index contributed by atoms with van der Waals surface area (Å²) < 4.78 is 5.79. The predicted octanol–water partition coefficient (Wildman–Crippen LogP) is 0.797. The van der Waals surface area contributed by atoms with Crippen molar-refractivity contribution in [2.75, 3.05) is 7.05 Å². The summed E-state index contributed by atoms with van der Waals surface area (Å²) in [5.41, 5.74) is 5.75. The van der Waals surface area contributed by atoms with Crippen LogP contribution < -0.4 is 11.1 Å². The zero-order valence-electron chi connectivity index (χ0n) is 9.66. The molecule has 0 bridgehead atoms. The molecule has 0 saturated heterocycles. The van der Waals surface area contributed by atoms with Crippen LogP contribution in [0.4, 0.5) is 0 Å². The Hall–Kier alpha value is -0.610. The highest BCUT2D eigenvalue weighted by atomic mass is 16.5. The van der Waals surface area contributed by atoms with Crippen molar-refractivity contribution in [3.8, 4) is 0 Å². The second kappa shape index (κ2) is 6.08. The molecule has 4 nitrogen and oxygen atoms in total. The van der Waals surface area contributed by atoms with Crippen LogP contribution in [0.25, 0.3) is 0 Å². The van der Waals surface area contributed by atoms with Gasteiger partial charge >= 0.3 is 0 Å². The standard InChI is InChI=1S/C11H22N2O2/c1-8(10(12)11(14)13-2)15-9-6-4-3-5-7-9/h8-10H,3-7,12H2,1-2H3,(H,13,14)/t8-,10+/m1/s1. The first kappa shape index (κ1) is 12.5. The van der Waals surface area contributed by atoms with Crippen molar-refractivity contribution in [1.82, 2.24) is 5.32 Å². The Morgan fingerprint density at radius 3 is 2.53 bits per heavy atom. The van der Waals surface area contributed by atoms with Crippen LogP contribution in [-0.4, -0.2) is 31.2 Å². The first-order chi connectivity index (χ1) is 7.15. The van der Waals surface area contributed by atoms with Gasteiger partial charge in [0.2, 0.25) is 5.91 Å². The van der Waals surface area contributed by atoms with Crippen LogP contribution in [0.15, 0.2) is 0 Å². The fourth-order valence-corrected chi connectivity index (χ4v) is 1.97. The van der Waals surface area contributed by atoms with Gasteiger partial charge in [-0.15, -0.1) is 0 Å². The van der Waals surface area contributed by atoms with E-state index in [1.54, 1.807) is 7.05 Å². The van der Waals surface area contributed by atoms with Gasteiger partial charge in [0.15, 0.2) is 0 Å². The Labute approximate surface area is 91.5 Å². The van der Waals surface area contributed by atoms with E-state index in [0.29, 0.717) is 6.10 Å². The van der Waals surface area contributed by atoms with Crippen molar-refractivity contribution in [2.45, 2.75) is 57.3 Å². The number of carbonyl (C=O) groups is 1. The number of hydrogen-bond donors (Lipinski definition) is 2. The molecule has 0 aromatic carbocycles. The van der Waals surface area contributed by atoms with E-state index < -0.39 is 6.04 Å². The Morgan fingerprint density at radius 1 is 1.40 bits per heavy atom. The van der Waals surface area contributed by atoms with E-state index in [4.69, 9.17) is 10.5 Å². The average molecular weight is 214 g/mol. The monoisotopic (exact) mass is 214 g/mol. The van der Waals surface area contributed by atoms with Gasteiger partial charge in [-0.05, 0) is 19.8 Å². The maximum absolute atomic E-state index is 11.3. The molecule has 2 atom stereocenters. The van der Waals surface area contributed by atoms with Crippen LogP contribution in [0.3, 0.4) is 0 Å². The maximum Gasteiger partial charge on any atom is 0.239 e. The summed E-state index contributed by atoms with van der Waals surface area (Å²) in [7, 11) is 1.59. The molecule has 3 N–H and O–H groups in total. The quantitative estimate of drug-likeness (QED) is 0.727. The second-order valence-electron chi connectivity index (χ2n) is 4.24. The summed E-state index contributed by atoms with van der Waals surface area (Å²) in [6.07, 6.45) is 6.06. The number of ether oxygens (including phenoxy) is 1. The first-order valence-corrected chi connectivity index (χ1v) is 5.77. The molecule has 4 heteroatoms. The van der Waals surface area contributed by atoms with E-state index in [9.17, 15) is 4.79 Å². The SMILES string of the molecule is CNC(=O)[C@@H](N)[C@@H](C)OC1CCCCC1. The Morgan fingerprint density at radius 2 is 2.00 bits per heavy atom. The molecule has 0 aromatic heterocycles. The molecule has 0 radical (unpaired) electrons. The predicted molar refractivity (Wildman–Crippen MR) is 59.5 cm³/mol. The topological polar surface area (TPSA) is 64.4 Å². The number of nitrogens with one attached hydrogen (secondary N) is 1. The van der Waals surface area contributed by atoms with Crippen molar-refractivity contribution in [3.63, 3.8) is 0 Å². The number of hydrogen-bond acceptors (Lipinski definition) is 3. The molecule has 88 valence electrons. The number of carbonyl (C=O) groups excluding carboxylic acids is 1. The lowest BCUT2D eigenvalue weighted by Gasteiger charge is -2.28. The Bertz CT molecular complexity index is 203. The van der Waals surface area contributed by atoms with E-state index in [1.165, 1.54) is 19.3 Å². The van der Waals surface area contributed by atoms with E-state index in [-0.39, 0.29) is 12.0 Å². The van der Waals surface area contributed by atoms with Crippen LogP contribution in [0.1, 0.15) is 39.0 Å². The van der Waals surface area contributed by atoms with Gasteiger partial charge in [-0.3, -0.25) is 4.79 Å². The normalized spacial score (nSPS) is 22.1. The lowest BCUT2D eigenvalue weighted by molar-refractivity contribution is -0.127. The number of likely N-dealkylation sites (N-methyl/N-ethyl adjacent to an activating group) is 1. The van der Waals surface area contributed by atoms with Crippen molar-refractivity contribution < 1.29 is 9.53 Å². The molecule has 1 saturated carbocycles. The Balaban J connectivity index is 2.32. The van der Waals surface area contributed by atoms with Crippen molar-refractivity contribution in [2.24, 2.45) is 5.73 Å². The average Bonchev–Trinajstić information content (AvgIpc) is 2.28. The lowest BCUT2D eigenvalue weighted by Crippen LogP contribution is -2.48. The molecule has 1 rings (SSSR count). The molecule has 0 aromatic rings.